The molecule has 1 heterocycles. The van der Waals surface area contributed by atoms with Crippen molar-refractivity contribution in [3.05, 3.63) is 59.4 Å². The zero-order chi connectivity index (χ0) is 18.5. The molecule has 0 fully saturated rings. The molecule has 0 saturated carbocycles. The smallest absolute Gasteiger partial charge is 0.261 e. The van der Waals surface area contributed by atoms with Gasteiger partial charge in [-0.25, -0.2) is 0 Å². The van der Waals surface area contributed by atoms with Gasteiger partial charge in [0.05, 0.1) is 18.6 Å². The van der Waals surface area contributed by atoms with Gasteiger partial charge in [0.2, 0.25) is 5.91 Å². The number of anilines is 1. The fourth-order valence-corrected chi connectivity index (χ4v) is 2.53. The van der Waals surface area contributed by atoms with Crippen molar-refractivity contribution in [2.45, 2.75) is 27.2 Å². The minimum absolute atomic E-state index is 0.0349. The number of aryl methyl sites for hydroxylation is 2. The molecular weight excluding hydrogens is 330 g/mol. The fourth-order valence-electron chi connectivity index (χ4n) is 2.53. The number of carbonyl (C=O) groups is 1. The van der Waals surface area contributed by atoms with Crippen molar-refractivity contribution in [1.82, 2.24) is 10.1 Å². The average Bonchev–Trinajstić information content (AvgIpc) is 3.07. The minimum atomic E-state index is -0.196. The van der Waals surface area contributed by atoms with E-state index in [1.165, 1.54) is 5.56 Å². The maximum atomic E-state index is 12.2. The third-order valence-electron chi connectivity index (χ3n) is 3.99. The van der Waals surface area contributed by atoms with Crippen molar-refractivity contribution in [2.24, 2.45) is 0 Å². The van der Waals surface area contributed by atoms with Crippen molar-refractivity contribution in [3.8, 4) is 17.2 Å². The molecule has 0 aliphatic heterocycles. The van der Waals surface area contributed by atoms with Gasteiger partial charge in [0.15, 0.2) is 5.82 Å². The van der Waals surface area contributed by atoms with E-state index in [9.17, 15) is 4.79 Å². The van der Waals surface area contributed by atoms with Crippen LogP contribution in [0, 0.1) is 13.8 Å². The van der Waals surface area contributed by atoms with E-state index in [-0.39, 0.29) is 12.3 Å². The third kappa shape index (κ3) is 4.08. The van der Waals surface area contributed by atoms with E-state index in [1.54, 1.807) is 0 Å². The first-order valence-corrected chi connectivity index (χ1v) is 8.48. The molecule has 3 rings (SSSR count). The first-order chi connectivity index (χ1) is 12.6. The summed E-state index contributed by atoms with van der Waals surface area (Å²) in [5, 5.41) is 6.76. The molecule has 6 nitrogen and oxygen atoms in total. The molecule has 1 aromatic heterocycles. The van der Waals surface area contributed by atoms with Gasteiger partial charge < -0.3 is 14.6 Å². The second-order valence-electron chi connectivity index (χ2n) is 5.97. The van der Waals surface area contributed by atoms with E-state index in [1.807, 2.05) is 63.2 Å². The van der Waals surface area contributed by atoms with Crippen LogP contribution in [0.15, 0.2) is 47.0 Å². The molecule has 26 heavy (non-hydrogen) atoms. The monoisotopic (exact) mass is 351 g/mol. The normalized spacial score (nSPS) is 10.6. The van der Waals surface area contributed by atoms with Gasteiger partial charge in [0, 0.05) is 5.69 Å². The molecule has 0 radical (unpaired) electrons. The van der Waals surface area contributed by atoms with E-state index < -0.39 is 0 Å². The Labute approximate surface area is 152 Å². The third-order valence-corrected chi connectivity index (χ3v) is 3.99. The van der Waals surface area contributed by atoms with Gasteiger partial charge in [-0.1, -0.05) is 23.4 Å². The van der Waals surface area contributed by atoms with Gasteiger partial charge in [0.1, 0.15) is 5.75 Å². The van der Waals surface area contributed by atoms with Crippen molar-refractivity contribution >= 4 is 11.6 Å². The standard InChI is InChI=1S/C20H21N3O3/c1-4-25-17-8-6-5-7-16(17)20-22-18(23-26-20)12-19(24)21-15-10-9-13(2)14(3)11-15/h5-11H,4,12H2,1-3H3,(H,21,24). The van der Waals surface area contributed by atoms with Crippen molar-refractivity contribution in [3.63, 3.8) is 0 Å². The Morgan fingerprint density at radius 3 is 2.73 bits per heavy atom. The number of nitrogens with one attached hydrogen (secondary N) is 1. The Morgan fingerprint density at radius 1 is 1.15 bits per heavy atom. The van der Waals surface area contributed by atoms with Crippen LogP contribution in [-0.4, -0.2) is 22.7 Å². The number of carbonyl (C=O) groups excluding carboxylic acids is 1. The number of rotatable bonds is 6. The zero-order valence-electron chi connectivity index (χ0n) is 15.1. The van der Waals surface area contributed by atoms with E-state index in [0.717, 1.165) is 11.3 Å². The fraction of sp³-hybridized carbons (Fsp3) is 0.250. The second-order valence-corrected chi connectivity index (χ2v) is 5.97. The highest BCUT2D eigenvalue weighted by atomic mass is 16.5. The molecule has 2 aromatic carbocycles. The van der Waals surface area contributed by atoms with Gasteiger partial charge in [-0.3, -0.25) is 4.79 Å². The van der Waals surface area contributed by atoms with Crippen molar-refractivity contribution in [2.75, 3.05) is 11.9 Å². The quantitative estimate of drug-likeness (QED) is 0.728. The summed E-state index contributed by atoms with van der Waals surface area (Å²) in [5.41, 5.74) is 3.77. The molecule has 1 amide bonds. The van der Waals surface area contributed by atoms with Gasteiger partial charge in [-0.05, 0) is 56.2 Å². The number of nitrogens with zero attached hydrogens (tertiary/aromatic N) is 2. The van der Waals surface area contributed by atoms with Gasteiger partial charge >= 0.3 is 0 Å². The molecule has 0 atom stereocenters. The van der Waals surface area contributed by atoms with Crippen LogP contribution in [0.3, 0.4) is 0 Å². The summed E-state index contributed by atoms with van der Waals surface area (Å²) in [5.74, 6) is 1.14. The summed E-state index contributed by atoms with van der Waals surface area (Å²) >= 11 is 0. The molecule has 0 bridgehead atoms. The van der Waals surface area contributed by atoms with E-state index in [0.29, 0.717) is 29.6 Å². The average molecular weight is 351 g/mol. The van der Waals surface area contributed by atoms with Crippen molar-refractivity contribution in [1.29, 1.82) is 0 Å². The van der Waals surface area contributed by atoms with E-state index in [2.05, 4.69) is 15.5 Å². The van der Waals surface area contributed by atoms with Crippen LogP contribution in [0.25, 0.3) is 11.5 Å². The molecular formula is C20H21N3O3. The summed E-state index contributed by atoms with van der Waals surface area (Å²) in [7, 11) is 0. The number of hydrogen-bond acceptors (Lipinski definition) is 5. The first kappa shape index (κ1) is 17.7. The lowest BCUT2D eigenvalue weighted by atomic mass is 10.1. The number of ether oxygens (including phenoxy) is 1. The maximum Gasteiger partial charge on any atom is 0.261 e. The lowest BCUT2D eigenvalue weighted by Gasteiger charge is -2.06. The van der Waals surface area contributed by atoms with Crippen LogP contribution in [0.4, 0.5) is 5.69 Å². The largest absolute Gasteiger partial charge is 0.493 e. The van der Waals surface area contributed by atoms with Gasteiger partial charge in [-0.2, -0.15) is 4.98 Å². The van der Waals surface area contributed by atoms with Crippen LogP contribution in [-0.2, 0) is 11.2 Å². The molecule has 0 spiro atoms. The summed E-state index contributed by atoms with van der Waals surface area (Å²) < 4.78 is 10.9. The second kappa shape index (κ2) is 7.82. The molecule has 3 aromatic rings. The minimum Gasteiger partial charge on any atom is -0.493 e. The molecule has 134 valence electrons. The summed E-state index contributed by atoms with van der Waals surface area (Å²) in [6.07, 6.45) is 0.0349. The van der Waals surface area contributed by atoms with Crippen molar-refractivity contribution < 1.29 is 14.1 Å². The highest BCUT2D eigenvalue weighted by Gasteiger charge is 2.15. The predicted octanol–water partition coefficient (Wildman–Crippen LogP) is 3.93. The van der Waals surface area contributed by atoms with Gasteiger partial charge in [0.25, 0.3) is 5.89 Å². The van der Waals surface area contributed by atoms with Crippen LogP contribution in [0.5, 0.6) is 5.75 Å². The number of amides is 1. The Morgan fingerprint density at radius 2 is 1.96 bits per heavy atom. The molecule has 0 saturated heterocycles. The first-order valence-electron chi connectivity index (χ1n) is 8.48. The Bertz CT molecular complexity index is 918. The van der Waals surface area contributed by atoms with Crippen LogP contribution < -0.4 is 10.1 Å². The number of benzene rings is 2. The SMILES string of the molecule is CCOc1ccccc1-c1nc(CC(=O)Nc2ccc(C)c(C)c2)no1. The molecule has 6 heteroatoms. The van der Waals surface area contributed by atoms with Crippen LogP contribution in [0.1, 0.15) is 23.9 Å². The summed E-state index contributed by atoms with van der Waals surface area (Å²) in [4.78, 5) is 16.6. The lowest BCUT2D eigenvalue weighted by molar-refractivity contribution is -0.115. The molecule has 1 N–H and O–H groups in total. The summed E-state index contributed by atoms with van der Waals surface area (Å²) in [6.45, 7) is 6.48. The Kier molecular flexibility index (Phi) is 5.31. The summed E-state index contributed by atoms with van der Waals surface area (Å²) in [6, 6.07) is 13.2. The Balaban J connectivity index is 1.70. The van der Waals surface area contributed by atoms with Crippen LogP contribution in [0.2, 0.25) is 0 Å². The Hall–Kier alpha value is -3.15. The lowest BCUT2D eigenvalue weighted by Crippen LogP contribution is -2.15. The maximum absolute atomic E-state index is 12.2. The van der Waals surface area contributed by atoms with E-state index in [4.69, 9.17) is 9.26 Å². The van der Waals surface area contributed by atoms with Gasteiger partial charge in [-0.15, -0.1) is 0 Å². The van der Waals surface area contributed by atoms with Crippen LogP contribution >= 0.6 is 0 Å². The van der Waals surface area contributed by atoms with E-state index >= 15 is 0 Å². The molecule has 0 aliphatic rings. The molecule has 0 aliphatic carbocycles. The number of aromatic nitrogens is 2. The number of hydrogen-bond donors (Lipinski definition) is 1. The highest BCUT2D eigenvalue weighted by Crippen LogP contribution is 2.28. The predicted molar refractivity (Wildman–Crippen MR) is 99.2 cm³/mol. The molecule has 0 unspecified atom stereocenters. The number of para-hydroxylation sites is 1. The zero-order valence-corrected chi connectivity index (χ0v) is 15.1. The topological polar surface area (TPSA) is 77.2 Å². The highest BCUT2D eigenvalue weighted by molar-refractivity contribution is 5.92.